The Hall–Kier alpha value is -6.66. The number of hydrogen-bond donors (Lipinski definition) is 0. The quantitative estimate of drug-likeness (QED) is 0.198. The second-order valence-electron chi connectivity index (χ2n) is 11.6. The molecule has 1 aliphatic heterocycles. The molecule has 0 saturated carbocycles. The van der Waals surface area contributed by atoms with E-state index < -0.39 is 0 Å². The Kier molecular flexibility index (Phi) is 6.68. The Morgan fingerprint density at radius 2 is 0.729 bits per heavy atom. The molecule has 224 valence electrons. The van der Waals surface area contributed by atoms with Crippen LogP contribution >= 0.6 is 0 Å². The van der Waals surface area contributed by atoms with E-state index in [9.17, 15) is 0 Å². The molecule has 0 aliphatic carbocycles. The number of fused-ring (bicyclic) bond motifs is 4. The molecule has 0 saturated heterocycles. The van der Waals surface area contributed by atoms with Gasteiger partial charge in [-0.2, -0.15) is 0 Å². The van der Waals surface area contributed by atoms with E-state index >= 15 is 0 Å². The van der Waals surface area contributed by atoms with E-state index in [1.54, 1.807) is 12.4 Å². The molecule has 5 heterocycles. The van der Waals surface area contributed by atoms with Crippen LogP contribution in [0.3, 0.4) is 0 Å². The number of aromatic nitrogens is 4. The molecule has 0 unspecified atom stereocenters. The van der Waals surface area contributed by atoms with Gasteiger partial charge in [-0.3, -0.25) is 19.9 Å². The van der Waals surface area contributed by atoms with Crippen molar-refractivity contribution in [2.45, 2.75) is 0 Å². The first kappa shape index (κ1) is 27.6. The Morgan fingerprint density at radius 3 is 1.10 bits per heavy atom. The van der Waals surface area contributed by atoms with Crippen molar-refractivity contribution in [2.24, 2.45) is 9.98 Å². The van der Waals surface area contributed by atoms with Gasteiger partial charge < -0.3 is 0 Å². The maximum atomic E-state index is 5.46. The van der Waals surface area contributed by atoms with Crippen LogP contribution < -0.4 is 0 Å². The summed E-state index contributed by atoms with van der Waals surface area (Å²) < 4.78 is 0. The van der Waals surface area contributed by atoms with Crippen molar-refractivity contribution in [3.63, 3.8) is 0 Å². The first-order chi connectivity index (χ1) is 23.8. The number of pyridine rings is 4. The summed E-state index contributed by atoms with van der Waals surface area (Å²) in [4.78, 5) is 29.5. The molecule has 0 bridgehead atoms. The van der Waals surface area contributed by atoms with Crippen molar-refractivity contribution in [3.8, 4) is 22.8 Å². The van der Waals surface area contributed by atoms with Gasteiger partial charge in [0, 0.05) is 47.0 Å². The lowest BCUT2D eigenvalue weighted by atomic mass is 9.93. The summed E-state index contributed by atoms with van der Waals surface area (Å²) in [5, 5.41) is 4.43. The first-order valence-corrected chi connectivity index (χ1v) is 15.8. The third kappa shape index (κ3) is 5.02. The predicted molar refractivity (Wildman–Crippen MR) is 193 cm³/mol. The topological polar surface area (TPSA) is 76.3 Å². The van der Waals surface area contributed by atoms with E-state index in [4.69, 9.17) is 20.0 Å². The van der Waals surface area contributed by atoms with Gasteiger partial charge in [0.05, 0.1) is 45.6 Å². The average Bonchev–Trinajstić information content (AvgIpc) is 3.16. The van der Waals surface area contributed by atoms with Crippen LogP contribution in [0.4, 0.5) is 11.4 Å². The van der Waals surface area contributed by atoms with Crippen LogP contribution in [0.2, 0.25) is 0 Å². The fourth-order valence-electron chi connectivity index (χ4n) is 6.22. The van der Waals surface area contributed by atoms with Gasteiger partial charge in [-0.25, -0.2) is 9.98 Å². The van der Waals surface area contributed by atoms with Gasteiger partial charge in [0.15, 0.2) is 0 Å². The number of nitrogens with zero attached hydrogens (tertiary/aromatic N) is 6. The fourth-order valence-corrected chi connectivity index (χ4v) is 6.22. The molecule has 0 atom stereocenters. The van der Waals surface area contributed by atoms with E-state index in [0.29, 0.717) is 0 Å². The molecule has 6 nitrogen and oxygen atoms in total. The van der Waals surface area contributed by atoms with E-state index in [-0.39, 0.29) is 0 Å². The number of aliphatic imine (C=N–C) groups is 2. The molecular weight excluding hydrogens is 589 g/mol. The van der Waals surface area contributed by atoms with Crippen molar-refractivity contribution in [1.29, 1.82) is 0 Å². The van der Waals surface area contributed by atoms with Gasteiger partial charge in [0.25, 0.3) is 0 Å². The molecule has 6 heteroatoms. The van der Waals surface area contributed by atoms with Gasteiger partial charge in [0.1, 0.15) is 0 Å². The zero-order chi connectivity index (χ0) is 31.9. The van der Waals surface area contributed by atoms with Crippen molar-refractivity contribution in [3.05, 3.63) is 181 Å². The highest BCUT2D eigenvalue weighted by Gasteiger charge is 2.22. The summed E-state index contributed by atoms with van der Waals surface area (Å²) >= 11 is 0. The minimum atomic E-state index is 0.804. The van der Waals surface area contributed by atoms with Gasteiger partial charge in [-0.05, 0) is 94.3 Å². The minimum Gasteiger partial charge on any atom is -0.255 e. The van der Waals surface area contributed by atoms with Crippen LogP contribution in [0.1, 0.15) is 22.3 Å². The van der Waals surface area contributed by atoms with Crippen molar-refractivity contribution >= 4 is 44.3 Å². The monoisotopic (exact) mass is 614 g/mol. The predicted octanol–water partition coefficient (Wildman–Crippen LogP) is 9.56. The normalized spacial score (nSPS) is 14.6. The highest BCUT2D eigenvalue weighted by molar-refractivity contribution is 6.24. The Labute approximate surface area is 276 Å². The highest BCUT2D eigenvalue weighted by atomic mass is 14.8. The lowest BCUT2D eigenvalue weighted by Crippen LogP contribution is -2.11. The standard InChI is InChI=1S/C42H26N6/c1-3-11-29-23-39-33(21-27(29)9-1)41(31-15-17-37(45-25-31)35-13-5-7-19-43-35)48-40-24-30-12-4-2-10-28(30)22-34(40)42(47-39)32-16-18-38(46-26-32)36-14-6-8-20-44-36/h1-26H/b41-33?,42-34?,47-39?,47-42-,48-40?,48-41-. The Bertz CT molecular complexity index is 2340. The number of rotatable bonds is 4. The van der Waals surface area contributed by atoms with E-state index in [0.717, 1.165) is 89.4 Å². The van der Waals surface area contributed by atoms with Crippen LogP contribution in [-0.2, 0) is 0 Å². The van der Waals surface area contributed by atoms with Crippen LogP contribution in [0.5, 0.6) is 0 Å². The smallest absolute Gasteiger partial charge is 0.0886 e. The number of benzene rings is 4. The van der Waals surface area contributed by atoms with Crippen LogP contribution in [0.25, 0.3) is 44.3 Å². The molecule has 0 spiro atoms. The van der Waals surface area contributed by atoms with Crippen LogP contribution in [0, 0.1) is 0 Å². The van der Waals surface area contributed by atoms with Gasteiger partial charge >= 0.3 is 0 Å². The van der Waals surface area contributed by atoms with Gasteiger partial charge in [0.2, 0.25) is 0 Å². The van der Waals surface area contributed by atoms with E-state index in [2.05, 4.69) is 94.9 Å². The third-order valence-corrected chi connectivity index (χ3v) is 8.63. The summed E-state index contributed by atoms with van der Waals surface area (Å²) in [5.41, 5.74) is 10.1. The molecule has 0 amide bonds. The number of hydrogen-bond acceptors (Lipinski definition) is 6. The van der Waals surface area contributed by atoms with Crippen LogP contribution in [-0.4, -0.2) is 31.4 Å². The summed E-state index contributed by atoms with van der Waals surface area (Å²) in [6, 6.07) is 45.2. The second-order valence-corrected chi connectivity index (χ2v) is 11.6. The van der Waals surface area contributed by atoms with Gasteiger partial charge in [-0.15, -0.1) is 0 Å². The summed E-state index contributed by atoms with van der Waals surface area (Å²) in [6.07, 6.45) is 7.33. The zero-order valence-corrected chi connectivity index (χ0v) is 25.7. The molecule has 9 rings (SSSR count). The molecule has 0 radical (unpaired) electrons. The average molecular weight is 615 g/mol. The summed E-state index contributed by atoms with van der Waals surface area (Å²) in [7, 11) is 0. The lowest BCUT2D eigenvalue weighted by Gasteiger charge is -2.19. The molecule has 4 aromatic heterocycles. The van der Waals surface area contributed by atoms with Crippen molar-refractivity contribution in [2.75, 3.05) is 0 Å². The maximum absolute atomic E-state index is 5.46. The van der Waals surface area contributed by atoms with E-state index in [1.807, 2.05) is 60.9 Å². The molecule has 4 aromatic carbocycles. The lowest BCUT2D eigenvalue weighted by molar-refractivity contribution is 1.24. The Balaban J connectivity index is 1.29. The highest BCUT2D eigenvalue weighted by Crippen LogP contribution is 2.37. The van der Waals surface area contributed by atoms with Gasteiger partial charge in [-0.1, -0.05) is 60.7 Å². The minimum absolute atomic E-state index is 0.804. The first-order valence-electron chi connectivity index (χ1n) is 15.8. The van der Waals surface area contributed by atoms with Crippen molar-refractivity contribution in [1.82, 2.24) is 19.9 Å². The second kappa shape index (κ2) is 11.6. The zero-order valence-electron chi connectivity index (χ0n) is 25.7. The van der Waals surface area contributed by atoms with Crippen LogP contribution in [0.15, 0.2) is 168 Å². The fraction of sp³-hybridized carbons (Fsp3) is 0. The maximum Gasteiger partial charge on any atom is 0.0886 e. The molecule has 48 heavy (non-hydrogen) atoms. The van der Waals surface area contributed by atoms with E-state index in [1.165, 1.54) is 0 Å². The molecular formula is C42H26N6. The summed E-state index contributed by atoms with van der Waals surface area (Å²) in [5.74, 6) is 0. The molecule has 0 fully saturated rings. The molecule has 8 aromatic rings. The largest absolute Gasteiger partial charge is 0.255 e. The molecule has 0 N–H and O–H groups in total. The SMILES string of the molecule is c1ccc(-c2ccc(/C3=N/c4cc5ccccc5cc4/C(c4ccc(-c5ccccn5)nc4)=N\c4cc5ccccc5cc43)cn2)nc1. The molecule has 1 aliphatic rings. The van der Waals surface area contributed by atoms with Crippen molar-refractivity contribution < 1.29 is 0 Å². The summed E-state index contributed by atoms with van der Waals surface area (Å²) in [6.45, 7) is 0. The third-order valence-electron chi connectivity index (χ3n) is 8.63. The Morgan fingerprint density at radius 1 is 0.333 bits per heavy atom.